The molecule has 27 heavy (non-hydrogen) atoms. The minimum atomic E-state index is -4.78. The summed E-state index contributed by atoms with van der Waals surface area (Å²) in [6.45, 7) is 0. The van der Waals surface area contributed by atoms with Gasteiger partial charge < -0.3 is 10.1 Å². The van der Waals surface area contributed by atoms with Gasteiger partial charge in [0.2, 0.25) is 5.95 Å². The Morgan fingerprint density at radius 3 is 2.37 bits per heavy atom. The fourth-order valence-corrected chi connectivity index (χ4v) is 2.64. The molecule has 0 radical (unpaired) electrons. The molecule has 0 aliphatic heterocycles. The number of hydrogen-bond donors (Lipinski definition) is 1. The average molecular weight is 370 g/mol. The van der Waals surface area contributed by atoms with Crippen molar-refractivity contribution in [2.24, 2.45) is 0 Å². The van der Waals surface area contributed by atoms with Gasteiger partial charge in [0.1, 0.15) is 0 Å². The topological polar surface area (TPSA) is 51.5 Å². The van der Waals surface area contributed by atoms with Crippen molar-refractivity contribution in [3.63, 3.8) is 0 Å². The molecule has 8 heteroatoms. The van der Waals surface area contributed by atoms with E-state index in [1.165, 1.54) is 18.2 Å². The van der Waals surface area contributed by atoms with E-state index in [9.17, 15) is 13.2 Å². The van der Waals surface area contributed by atoms with E-state index in [2.05, 4.69) is 20.1 Å². The normalized spacial score (nSPS) is 11.5. The monoisotopic (exact) mass is 370 g/mol. The van der Waals surface area contributed by atoms with E-state index in [1.807, 2.05) is 36.4 Å². The number of nitrogens with one attached hydrogen (secondary N) is 1. The van der Waals surface area contributed by atoms with Crippen molar-refractivity contribution >= 4 is 17.3 Å². The second-order valence-electron chi connectivity index (χ2n) is 5.69. The lowest BCUT2D eigenvalue weighted by Crippen LogP contribution is -2.17. The number of anilines is 2. The van der Waals surface area contributed by atoms with Crippen molar-refractivity contribution in [3.8, 4) is 16.9 Å². The summed E-state index contributed by atoms with van der Waals surface area (Å²) in [5, 5.41) is 7.07. The molecule has 1 N–H and O–H groups in total. The molecule has 4 rings (SSSR count). The molecular formula is C19H13F3N4O. The first-order valence-electron chi connectivity index (χ1n) is 8.02. The smallest absolute Gasteiger partial charge is 0.404 e. The van der Waals surface area contributed by atoms with Crippen molar-refractivity contribution in [1.82, 2.24) is 14.6 Å². The number of alkyl halides is 3. The van der Waals surface area contributed by atoms with E-state index in [4.69, 9.17) is 0 Å². The van der Waals surface area contributed by atoms with E-state index in [0.29, 0.717) is 5.65 Å². The van der Waals surface area contributed by atoms with Crippen LogP contribution in [-0.2, 0) is 0 Å². The van der Waals surface area contributed by atoms with Crippen LogP contribution in [0.1, 0.15) is 0 Å². The third kappa shape index (κ3) is 3.84. The van der Waals surface area contributed by atoms with Crippen LogP contribution in [0.2, 0.25) is 0 Å². The first kappa shape index (κ1) is 16.9. The fraction of sp³-hybridized carbons (Fsp3) is 0.0526. The average Bonchev–Trinajstić information content (AvgIpc) is 3.04. The predicted octanol–water partition coefficient (Wildman–Crippen LogP) is 5.04. The van der Waals surface area contributed by atoms with Crippen LogP contribution in [0.25, 0.3) is 16.8 Å². The maximum Gasteiger partial charge on any atom is 0.573 e. The fourth-order valence-electron chi connectivity index (χ4n) is 2.64. The summed E-state index contributed by atoms with van der Waals surface area (Å²) < 4.78 is 43.2. The molecule has 0 spiro atoms. The molecule has 2 aromatic heterocycles. The van der Waals surface area contributed by atoms with Gasteiger partial charge in [-0.05, 0) is 29.8 Å². The molecule has 0 bridgehead atoms. The number of para-hydroxylation sites is 2. The predicted molar refractivity (Wildman–Crippen MR) is 94.8 cm³/mol. The Morgan fingerprint density at radius 2 is 1.59 bits per heavy atom. The number of hydrogen-bond acceptors (Lipinski definition) is 4. The Hall–Kier alpha value is -3.55. The van der Waals surface area contributed by atoms with Gasteiger partial charge in [0, 0.05) is 11.8 Å². The largest absolute Gasteiger partial charge is 0.573 e. The van der Waals surface area contributed by atoms with Crippen LogP contribution in [0.3, 0.4) is 0 Å². The lowest BCUT2D eigenvalue weighted by Gasteiger charge is -2.12. The van der Waals surface area contributed by atoms with Crippen LogP contribution in [0.15, 0.2) is 72.9 Å². The highest BCUT2D eigenvalue weighted by atomic mass is 19.4. The highest BCUT2D eigenvalue weighted by molar-refractivity contribution is 5.66. The molecule has 5 nitrogen and oxygen atoms in total. The van der Waals surface area contributed by atoms with Gasteiger partial charge in [-0.15, -0.1) is 18.3 Å². The molecule has 0 aliphatic carbocycles. The number of halogens is 3. The number of fused-ring (bicyclic) bond motifs is 1. The van der Waals surface area contributed by atoms with Crippen LogP contribution in [0.5, 0.6) is 5.75 Å². The van der Waals surface area contributed by atoms with Crippen molar-refractivity contribution < 1.29 is 17.9 Å². The van der Waals surface area contributed by atoms with Gasteiger partial charge in [-0.2, -0.15) is 4.98 Å². The first-order valence-corrected chi connectivity index (χ1v) is 8.02. The molecule has 2 aromatic carbocycles. The zero-order valence-electron chi connectivity index (χ0n) is 13.8. The van der Waals surface area contributed by atoms with Crippen LogP contribution in [0, 0.1) is 0 Å². The van der Waals surface area contributed by atoms with Gasteiger partial charge in [-0.3, -0.25) is 0 Å². The Balaban J connectivity index is 1.64. The standard InChI is InChI=1S/C19H13F3N4O/c20-19(21,22)27-16-9-5-4-8-15(16)23-18-24-17-11-10-14(12-26(17)25-18)13-6-2-1-3-7-13/h1-12H,(H,23,25). The molecule has 0 saturated heterocycles. The minimum absolute atomic E-state index is 0.119. The molecule has 0 aliphatic rings. The van der Waals surface area contributed by atoms with Gasteiger partial charge >= 0.3 is 6.36 Å². The van der Waals surface area contributed by atoms with E-state index >= 15 is 0 Å². The Morgan fingerprint density at radius 1 is 0.852 bits per heavy atom. The van der Waals surface area contributed by atoms with Crippen LogP contribution < -0.4 is 10.1 Å². The summed E-state index contributed by atoms with van der Waals surface area (Å²) in [6.07, 6.45) is -2.98. The molecule has 2 heterocycles. The zero-order valence-corrected chi connectivity index (χ0v) is 13.8. The third-order valence-corrected chi connectivity index (χ3v) is 3.80. The Labute approximate surface area is 152 Å². The zero-order chi connectivity index (χ0) is 18.9. The summed E-state index contributed by atoms with van der Waals surface area (Å²) in [5.41, 5.74) is 2.65. The van der Waals surface area contributed by atoms with E-state index in [1.54, 1.807) is 22.8 Å². The van der Waals surface area contributed by atoms with Crippen molar-refractivity contribution in [2.45, 2.75) is 6.36 Å². The van der Waals surface area contributed by atoms with Gasteiger partial charge in [0.15, 0.2) is 11.4 Å². The molecule has 0 atom stereocenters. The van der Waals surface area contributed by atoms with Crippen molar-refractivity contribution in [2.75, 3.05) is 5.32 Å². The number of rotatable bonds is 4. The second-order valence-corrected chi connectivity index (χ2v) is 5.69. The summed E-state index contributed by atoms with van der Waals surface area (Å²) in [5.74, 6) is -0.188. The van der Waals surface area contributed by atoms with Gasteiger partial charge in [-0.1, -0.05) is 42.5 Å². The van der Waals surface area contributed by atoms with Gasteiger partial charge in [0.25, 0.3) is 0 Å². The summed E-state index contributed by atoms with van der Waals surface area (Å²) in [4.78, 5) is 4.28. The summed E-state index contributed by atoms with van der Waals surface area (Å²) >= 11 is 0. The maximum absolute atomic E-state index is 12.5. The minimum Gasteiger partial charge on any atom is -0.404 e. The van der Waals surface area contributed by atoms with Crippen LogP contribution >= 0.6 is 0 Å². The molecule has 0 unspecified atom stereocenters. The number of pyridine rings is 1. The molecule has 4 aromatic rings. The highest BCUT2D eigenvalue weighted by Gasteiger charge is 2.32. The summed E-state index contributed by atoms with van der Waals surface area (Å²) in [7, 11) is 0. The molecule has 0 saturated carbocycles. The van der Waals surface area contributed by atoms with Crippen molar-refractivity contribution in [3.05, 3.63) is 72.9 Å². The van der Waals surface area contributed by atoms with Gasteiger partial charge in [-0.25, -0.2) is 4.52 Å². The maximum atomic E-state index is 12.5. The second kappa shape index (κ2) is 6.64. The number of aromatic nitrogens is 3. The lowest BCUT2D eigenvalue weighted by molar-refractivity contribution is -0.274. The third-order valence-electron chi connectivity index (χ3n) is 3.80. The first-order chi connectivity index (χ1) is 13.0. The number of ether oxygens (including phenoxy) is 1. The van der Waals surface area contributed by atoms with E-state index in [0.717, 1.165) is 11.1 Å². The molecular weight excluding hydrogens is 357 g/mol. The van der Waals surface area contributed by atoms with E-state index in [-0.39, 0.29) is 17.4 Å². The van der Waals surface area contributed by atoms with Gasteiger partial charge in [0.05, 0.1) is 5.69 Å². The van der Waals surface area contributed by atoms with E-state index < -0.39 is 6.36 Å². The van der Waals surface area contributed by atoms with Crippen LogP contribution in [0.4, 0.5) is 24.8 Å². The van der Waals surface area contributed by atoms with Crippen LogP contribution in [-0.4, -0.2) is 21.0 Å². The number of benzene rings is 2. The Kier molecular flexibility index (Phi) is 4.15. The quantitative estimate of drug-likeness (QED) is 0.547. The number of nitrogens with zero attached hydrogens (tertiary/aromatic N) is 3. The summed E-state index contributed by atoms with van der Waals surface area (Å²) in [6, 6.07) is 19.2. The molecule has 136 valence electrons. The lowest BCUT2D eigenvalue weighted by atomic mass is 10.1. The Bertz CT molecular complexity index is 1080. The molecule has 0 fully saturated rings. The molecule has 0 amide bonds. The SMILES string of the molecule is FC(F)(F)Oc1ccccc1Nc1nc2ccc(-c3ccccc3)cn2n1. The highest BCUT2D eigenvalue weighted by Crippen LogP contribution is 2.31. The van der Waals surface area contributed by atoms with Crippen molar-refractivity contribution in [1.29, 1.82) is 0 Å².